The van der Waals surface area contributed by atoms with Crippen LogP contribution in [0.5, 0.6) is 0 Å². The molecule has 0 saturated carbocycles. The fourth-order valence-electron chi connectivity index (χ4n) is 2.28. The van der Waals surface area contributed by atoms with Crippen molar-refractivity contribution in [3.63, 3.8) is 0 Å². The van der Waals surface area contributed by atoms with Crippen LogP contribution < -0.4 is 5.32 Å². The first-order chi connectivity index (χ1) is 9.88. The molecule has 1 aliphatic heterocycles. The molecule has 0 bridgehead atoms. The highest BCUT2D eigenvalue weighted by atomic mass is 35.5. The number of ether oxygens (including phenoxy) is 1. The molecule has 1 saturated heterocycles. The van der Waals surface area contributed by atoms with E-state index in [4.69, 9.17) is 16.3 Å². The lowest BCUT2D eigenvalue weighted by Crippen LogP contribution is -2.43. The lowest BCUT2D eigenvalue weighted by molar-refractivity contribution is -0.120. The van der Waals surface area contributed by atoms with E-state index >= 15 is 0 Å². The van der Waals surface area contributed by atoms with E-state index in [1.54, 1.807) is 0 Å². The summed E-state index contributed by atoms with van der Waals surface area (Å²) in [4.78, 5) is 12.0. The largest absolute Gasteiger partial charge is 0.376 e. The number of sulfone groups is 1. The summed E-state index contributed by atoms with van der Waals surface area (Å²) >= 11 is 5.72. The van der Waals surface area contributed by atoms with Gasteiger partial charge in [0.25, 0.3) is 0 Å². The molecular weight excluding hydrogens is 314 g/mol. The molecule has 116 valence electrons. The van der Waals surface area contributed by atoms with Gasteiger partial charge >= 0.3 is 0 Å². The van der Waals surface area contributed by atoms with Crippen molar-refractivity contribution in [2.24, 2.45) is 0 Å². The van der Waals surface area contributed by atoms with Crippen LogP contribution in [-0.2, 0) is 19.4 Å². The Kier molecular flexibility index (Phi) is 5.24. The average molecular weight is 332 g/mol. The first kappa shape index (κ1) is 16.3. The first-order valence-electron chi connectivity index (χ1n) is 6.78. The second kappa shape index (κ2) is 6.77. The number of carbonyl (C=O) groups excluding carboxylic acids is 1. The van der Waals surface area contributed by atoms with E-state index in [9.17, 15) is 13.2 Å². The number of amides is 1. The van der Waals surface area contributed by atoms with Gasteiger partial charge in [0.1, 0.15) is 5.75 Å². The van der Waals surface area contributed by atoms with Gasteiger partial charge in [-0.2, -0.15) is 0 Å². The highest BCUT2D eigenvalue weighted by molar-refractivity contribution is 7.92. The van der Waals surface area contributed by atoms with Crippen molar-refractivity contribution in [3.8, 4) is 0 Å². The Morgan fingerprint density at radius 2 is 2.10 bits per heavy atom. The van der Waals surface area contributed by atoms with Crippen molar-refractivity contribution in [1.29, 1.82) is 0 Å². The van der Waals surface area contributed by atoms with Crippen molar-refractivity contribution < 1.29 is 17.9 Å². The Labute approximate surface area is 129 Å². The van der Waals surface area contributed by atoms with Gasteiger partial charge in [0, 0.05) is 11.6 Å². The summed E-state index contributed by atoms with van der Waals surface area (Å²) in [6.07, 6.45) is 1.81. The molecule has 0 radical (unpaired) electrons. The lowest BCUT2D eigenvalue weighted by atomic mass is 10.1. The van der Waals surface area contributed by atoms with E-state index in [0.29, 0.717) is 11.6 Å². The van der Waals surface area contributed by atoms with Crippen LogP contribution in [0.2, 0.25) is 5.02 Å². The Balaban J connectivity index is 1.96. The van der Waals surface area contributed by atoms with Crippen LogP contribution in [0.3, 0.4) is 0 Å². The molecule has 1 heterocycles. The molecule has 21 heavy (non-hydrogen) atoms. The van der Waals surface area contributed by atoms with E-state index in [1.807, 2.05) is 6.92 Å². The fraction of sp³-hybridized carbons (Fsp3) is 0.500. The SMILES string of the molecule is C[C@@H](NC(=O)CS(=O)(=O)c1ccc(Cl)cc1)[C@H]1CCCO1. The van der Waals surface area contributed by atoms with Crippen LogP contribution in [0, 0.1) is 0 Å². The standard InChI is InChI=1S/C14H18ClNO4S/c1-10(13-3-2-8-20-13)16-14(17)9-21(18,19)12-6-4-11(15)5-7-12/h4-7,10,13H,2-3,8-9H2,1H3,(H,16,17)/t10-,13-/m1/s1. The van der Waals surface area contributed by atoms with Gasteiger partial charge in [0.15, 0.2) is 9.84 Å². The predicted octanol–water partition coefficient (Wildman–Crippen LogP) is 1.80. The smallest absolute Gasteiger partial charge is 0.235 e. The zero-order valence-corrected chi connectivity index (χ0v) is 13.3. The highest BCUT2D eigenvalue weighted by Gasteiger charge is 2.26. The van der Waals surface area contributed by atoms with Gasteiger partial charge in [-0.25, -0.2) is 8.42 Å². The first-order valence-corrected chi connectivity index (χ1v) is 8.81. The Morgan fingerprint density at radius 1 is 1.43 bits per heavy atom. The van der Waals surface area contributed by atoms with Crippen LogP contribution in [0.25, 0.3) is 0 Å². The maximum atomic E-state index is 12.1. The second-order valence-electron chi connectivity index (χ2n) is 5.12. The van der Waals surface area contributed by atoms with E-state index in [0.717, 1.165) is 12.8 Å². The zero-order chi connectivity index (χ0) is 15.5. The van der Waals surface area contributed by atoms with Gasteiger partial charge < -0.3 is 10.1 Å². The Hall–Kier alpha value is -1.11. The summed E-state index contributed by atoms with van der Waals surface area (Å²) in [7, 11) is -3.66. The van der Waals surface area contributed by atoms with Crippen molar-refractivity contribution in [3.05, 3.63) is 29.3 Å². The molecule has 5 nitrogen and oxygen atoms in total. The van der Waals surface area contributed by atoms with Crippen LogP contribution in [0.4, 0.5) is 0 Å². The third-order valence-electron chi connectivity index (χ3n) is 3.41. The van der Waals surface area contributed by atoms with Gasteiger partial charge in [-0.05, 0) is 44.0 Å². The van der Waals surface area contributed by atoms with Gasteiger partial charge in [-0.15, -0.1) is 0 Å². The molecule has 1 N–H and O–H groups in total. The Morgan fingerprint density at radius 3 is 2.67 bits per heavy atom. The number of hydrogen-bond acceptors (Lipinski definition) is 4. The molecule has 1 amide bonds. The molecule has 1 aromatic rings. The van der Waals surface area contributed by atoms with Crippen LogP contribution in [-0.4, -0.2) is 38.8 Å². The Bertz CT molecular complexity index is 594. The van der Waals surface area contributed by atoms with Gasteiger partial charge in [-0.3, -0.25) is 4.79 Å². The summed E-state index contributed by atoms with van der Waals surface area (Å²) in [6.45, 7) is 2.51. The number of halogens is 1. The van der Waals surface area contributed by atoms with Crippen LogP contribution in [0.1, 0.15) is 19.8 Å². The number of nitrogens with one attached hydrogen (secondary N) is 1. The van der Waals surface area contributed by atoms with Gasteiger partial charge in [-0.1, -0.05) is 11.6 Å². The maximum Gasteiger partial charge on any atom is 0.235 e. The molecule has 0 unspecified atom stereocenters. The van der Waals surface area contributed by atoms with Crippen molar-refractivity contribution in [1.82, 2.24) is 5.32 Å². The lowest BCUT2D eigenvalue weighted by Gasteiger charge is -2.19. The van der Waals surface area contributed by atoms with Gasteiger partial charge in [0.2, 0.25) is 5.91 Å². The highest BCUT2D eigenvalue weighted by Crippen LogP contribution is 2.17. The topological polar surface area (TPSA) is 72.5 Å². The minimum atomic E-state index is -3.66. The summed E-state index contributed by atoms with van der Waals surface area (Å²) in [5, 5.41) is 3.14. The molecule has 0 aromatic heterocycles. The molecule has 0 spiro atoms. The molecule has 0 aliphatic carbocycles. The third kappa shape index (κ3) is 4.43. The zero-order valence-electron chi connectivity index (χ0n) is 11.7. The quantitative estimate of drug-likeness (QED) is 0.893. The number of benzene rings is 1. The molecule has 1 aliphatic rings. The number of carbonyl (C=O) groups is 1. The summed E-state index contributed by atoms with van der Waals surface area (Å²) in [5.41, 5.74) is 0. The van der Waals surface area contributed by atoms with Crippen molar-refractivity contribution in [2.45, 2.75) is 36.8 Å². The molecule has 2 rings (SSSR count). The average Bonchev–Trinajstić information content (AvgIpc) is 2.92. The summed E-state index contributed by atoms with van der Waals surface area (Å²) in [6, 6.07) is 5.58. The molecule has 1 aromatic carbocycles. The maximum absolute atomic E-state index is 12.1. The van der Waals surface area contributed by atoms with E-state index < -0.39 is 21.5 Å². The van der Waals surface area contributed by atoms with Crippen molar-refractivity contribution in [2.75, 3.05) is 12.4 Å². The normalized spacial score (nSPS) is 20.2. The molecule has 1 fully saturated rings. The van der Waals surface area contributed by atoms with Crippen LogP contribution in [0.15, 0.2) is 29.2 Å². The third-order valence-corrected chi connectivity index (χ3v) is 5.29. The minimum Gasteiger partial charge on any atom is -0.376 e. The van der Waals surface area contributed by atoms with Crippen LogP contribution >= 0.6 is 11.6 Å². The second-order valence-corrected chi connectivity index (χ2v) is 7.55. The number of rotatable bonds is 5. The van der Waals surface area contributed by atoms with Crippen molar-refractivity contribution >= 4 is 27.3 Å². The summed E-state index contributed by atoms with van der Waals surface area (Å²) < 4.78 is 29.7. The minimum absolute atomic E-state index is 0.0350. The molecular formula is C14H18ClNO4S. The van der Waals surface area contributed by atoms with E-state index in [1.165, 1.54) is 24.3 Å². The van der Waals surface area contributed by atoms with Gasteiger partial charge in [0.05, 0.1) is 17.0 Å². The number of hydrogen-bond donors (Lipinski definition) is 1. The van der Waals surface area contributed by atoms with E-state index in [-0.39, 0.29) is 17.0 Å². The fourth-order valence-corrected chi connectivity index (χ4v) is 3.56. The monoisotopic (exact) mass is 331 g/mol. The molecule has 2 atom stereocenters. The van der Waals surface area contributed by atoms with E-state index in [2.05, 4.69) is 5.32 Å². The predicted molar refractivity (Wildman–Crippen MR) is 80.1 cm³/mol. The molecule has 7 heteroatoms. The summed E-state index contributed by atoms with van der Waals surface area (Å²) in [5.74, 6) is -1.10.